The number of hydrogen-bond donors (Lipinski definition) is 1. The van der Waals surface area contributed by atoms with Gasteiger partial charge in [-0.05, 0) is 25.0 Å². The van der Waals surface area contributed by atoms with Crippen LogP contribution in [0.4, 0.5) is 5.82 Å². The SMILES string of the molecule is Bc1c(-c2ccc(Cl)cc2)nc2c(N[C@H]3CCCOC3)ncc(C#N)n12. The largest absolute Gasteiger partial charge is 0.379 e. The third kappa shape index (κ3) is 3.02. The van der Waals surface area contributed by atoms with Crippen molar-refractivity contribution in [3.05, 3.63) is 41.2 Å². The van der Waals surface area contributed by atoms with Crippen LogP contribution < -0.4 is 10.9 Å². The van der Waals surface area contributed by atoms with Crippen LogP contribution in [0.1, 0.15) is 18.5 Å². The van der Waals surface area contributed by atoms with Crippen molar-refractivity contribution in [2.24, 2.45) is 0 Å². The van der Waals surface area contributed by atoms with Crippen molar-refractivity contribution < 1.29 is 4.74 Å². The number of nitriles is 1. The lowest BCUT2D eigenvalue weighted by atomic mass is 9.97. The Labute approximate surface area is 157 Å². The van der Waals surface area contributed by atoms with Gasteiger partial charge in [-0.15, -0.1) is 0 Å². The summed E-state index contributed by atoms with van der Waals surface area (Å²) in [5, 5.41) is 13.6. The zero-order valence-corrected chi connectivity index (χ0v) is 15.1. The lowest BCUT2D eigenvalue weighted by Crippen LogP contribution is -2.30. The van der Waals surface area contributed by atoms with Gasteiger partial charge in [0.25, 0.3) is 0 Å². The summed E-state index contributed by atoms with van der Waals surface area (Å²) in [6.07, 6.45) is 3.63. The predicted molar refractivity (Wildman–Crippen MR) is 104 cm³/mol. The first-order valence-electron chi connectivity index (χ1n) is 8.55. The molecule has 0 bridgehead atoms. The number of imidazole rings is 1. The molecule has 1 fully saturated rings. The Morgan fingerprint density at radius 3 is 2.85 bits per heavy atom. The molecule has 1 aromatic carbocycles. The molecule has 1 N–H and O–H groups in total. The van der Waals surface area contributed by atoms with Crippen LogP contribution in [0, 0.1) is 11.3 Å². The Balaban J connectivity index is 1.83. The molecular weight excluding hydrogens is 348 g/mol. The average molecular weight is 366 g/mol. The van der Waals surface area contributed by atoms with Crippen molar-refractivity contribution in [2.45, 2.75) is 18.9 Å². The number of ether oxygens (including phenoxy) is 1. The first kappa shape index (κ1) is 16.9. The number of nitrogens with one attached hydrogen (secondary N) is 1. The Bertz CT molecular complexity index is 989. The predicted octanol–water partition coefficient (Wildman–Crippen LogP) is 1.77. The minimum absolute atomic E-state index is 0.198. The molecule has 0 unspecified atom stereocenters. The molecule has 26 heavy (non-hydrogen) atoms. The fourth-order valence-electron chi connectivity index (χ4n) is 3.31. The maximum absolute atomic E-state index is 9.49. The second kappa shape index (κ2) is 6.98. The molecule has 1 saturated heterocycles. The normalized spacial score (nSPS) is 17.2. The number of fused-ring (bicyclic) bond motifs is 1. The number of halogens is 1. The molecule has 1 aliphatic heterocycles. The molecule has 0 amide bonds. The lowest BCUT2D eigenvalue weighted by Gasteiger charge is -2.23. The summed E-state index contributed by atoms with van der Waals surface area (Å²) in [6.45, 7) is 1.45. The number of hydrogen-bond acceptors (Lipinski definition) is 5. The van der Waals surface area contributed by atoms with Gasteiger partial charge in [0.1, 0.15) is 11.8 Å². The highest BCUT2D eigenvalue weighted by Crippen LogP contribution is 2.24. The smallest absolute Gasteiger partial charge is 0.181 e. The third-order valence-electron chi connectivity index (χ3n) is 4.61. The van der Waals surface area contributed by atoms with Crippen LogP contribution in [-0.2, 0) is 4.74 Å². The molecule has 4 rings (SSSR count). The van der Waals surface area contributed by atoms with Gasteiger partial charge in [0.05, 0.1) is 24.5 Å². The van der Waals surface area contributed by atoms with Crippen molar-refractivity contribution in [3.8, 4) is 17.3 Å². The number of anilines is 1. The Kier molecular flexibility index (Phi) is 4.54. The minimum Gasteiger partial charge on any atom is -0.379 e. The topological polar surface area (TPSA) is 75.2 Å². The summed E-state index contributed by atoms with van der Waals surface area (Å²) in [6, 6.07) is 9.93. The van der Waals surface area contributed by atoms with E-state index in [-0.39, 0.29) is 6.04 Å². The van der Waals surface area contributed by atoms with Gasteiger partial charge in [0.15, 0.2) is 19.3 Å². The van der Waals surface area contributed by atoms with Crippen LogP contribution in [0.2, 0.25) is 5.02 Å². The van der Waals surface area contributed by atoms with Gasteiger partial charge in [-0.25, -0.2) is 9.97 Å². The molecule has 0 aliphatic carbocycles. The van der Waals surface area contributed by atoms with Crippen LogP contribution in [0.15, 0.2) is 30.5 Å². The number of benzene rings is 1. The molecule has 3 heterocycles. The van der Waals surface area contributed by atoms with Crippen LogP contribution in [0.25, 0.3) is 16.9 Å². The molecule has 3 aromatic rings. The summed E-state index contributed by atoms with van der Waals surface area (Å²) in [7, 11) is 1.96. The van der Waals surface area contributed by atoms with E-state index in [9.17, 15) is 5.26 Å². The summed E-state index contributed by atoms with van der Waals surface area (Å²) >= 11 is 6.00. The maximum atomic E-state index is 9.49. The molecule has 0 radical (unpaired) electrons. The van der Waals surface area contributed by atoms with Crippen LogP contribution in [-0.4, -0.2) is 41.5 Å². The molecule has 130 valence electrons. The van der Waals surface area contributed by atoms with Crippen molar-refractivity contribution in [1.29, 1.82) is 5.26 Å². The molecule has 0 spiro atoms. The Morgan fingerprint density at radius 2 is 2.15 bits per heavy atom. The van der Waals surface area contributed by atoms with E-state index in [1.807, 2.05) is 36.5 Å². The van der Waals surface area contributed by atoms with Crippen molar-refractivity contribution >= 4 is 36.5 Å². The molecular formula is C18H17BClN5O. The summed E-state index contributed by atoms with van der Waals surface area (Å²) in [5.41, 5.74) is 3.76. The van der Waals surface area contributed by atoms with Crippen LogP contribution in [0.3, 0.4) is 0 Å². The van der Waals surface area contributed by atoms with E-state index < -0.39 is 0 Å². The van der Waals surface area contributed by atoms with Gasteiger partial charge in [0.2, 0.25) is 0 Å². The van der Waals surface area contributed by atoms with Crippen LogP contribution in [0.5, 0.6) is 0 Å². The van der Waals surface area contributed by atoms with Crippen molar-refractivity contribution in [2.75, 3.05) is 18.5 Å². The second-order valence-electron chi connectivity index (χ2n) is 6.37. The number of rotatable bonds is 3. The zero-order chi connectivity index (χ0) is 18.1. The van der Waals surface area contributed by atoms with E-state index in [1.54, 1.807) is 6.20 Å². The fraction of sp³-hybridized carbons (Fsp3) is 0.278. The molecule has 0 saturated carbocycles. The maximum Gasteiger partial charge on any atom is 0.181 e. The van der Waals surface area contributed by atoms with Gasteiger partial charge in [-0.2, -0.15) is 5.26 Å². The Morgan fingerprint density at radius 1 is 1.35 bits per heavy atom. The van der Waals surface area contributed by atoms with Gasteiger partial charge < -0.3 is 10.1 Å². The number of aromatic nitrogens is 3. The highest BCUT2D eigenvalue weighted by atomic mass is 35.5. The first-order chi connectivity index (χ1) is 12.7. The zero-order valence-electron chi connectivity index (χ0n) is 14.4. The summed E-state index contributed by atoms with van der Waals surface area (Å²) in [4.78, 5) is 9.23. The standard InChI is InChI=1S/C18H17BClN5O/c19-16-15(11-3-5-12(20)6-4-11)24-18-17(22-9-14(8-21)25(16)18)23-13-2-1-7-26-10-13/h3-6,9,13H,1-2,7,10,19H2,(H,22,23)/t13-/m0/s1. The monoisotopic (exact) mass is 365 g/mol. The third-order valence-corrected chi connectivity index (χ3v) is 4.86. The minimum atomic E-state index is 0.198. The molecule has 2 aromatic heterocycles. The summed E-state index contributed by atoms with van der Waals surface area (Å²) < 4.78 is 7.39. The quantitative estimate of drug-likeness (QED) is 0.716. The fourth-order valence-corrected chi connectivity index (χ4v) is 3.43. The van der Waals surface area contributed by atoms with Gasteiger partial charge >= 0.3 is 0 Å². The summed E-state index contributed by atoms with van der Waals surface area (Å²) in [5.74, 6) is 0.669. The second-order valence-corrected chi connectivity index (χ2v) is 6.81. The first-order valence-corrected chi connectivity index (χ1v) is 8.93. The highest BCUT2D eigenvalue weighted by Gasteiger charge is 2.20. The van der Waals surface area contributed by atoms with Crippen molar-refractivity contribution in [3.63, 3.8) is 0 Å². The Hall–Kier alpha value is -2.56. The molecule has 6 nitrogen and oxygen atoms in total. The molecule has 1 aliphatic rings. The van der Waals surface area contributed by atoms with E-state index in [0.717, 1.165) is 36.3 Å². The van der Waals surface area contributed by atoms with E-state index in [0.29, 0.717) is 28.8 Å². The highest BCUT2D eigenvalue weighted by molar-refractivity contribution is 6.35. The van der Waals surface area contributed by atoms with Gasteiger partial charge in [0, 0.05) is 22.8 Å². The van der Waals surface area contributed by atoms with Gasteiger partial charge in [-0.3, -0.25) is 4.40 Å². The van der Waals surface area contributed by atoms with E-state index in [1.165, 1.54) is 0 Å². The molecule has 1 atom stereocenters. The van der Waals surface area contributed by atoms with E-state index in [2.05, 4.69) is 16.4 Å². The van der Waals surface area contributed by atoms with E-state index >= 15 is 0 Å². The van der Waals surface area contributed by atoms with Crippen LogP contribution >= 0.6 is 11.6 Å². The number of nitrogens with zero attached hydrogens (tertiary/aromatic N) is 4. The van der Waals surface area contributed by atoms with Crippen molar-refractivity contribution in [1.82, 2.24) is 14.4 Å². The average Bonchev–Trinajstić information content (AvgIpc) is 3.02. The van der Waals surface area contributed by atoms with E-state index in [4.69, 9.17) is 21.3 Å². The lowest BCUT2D eigenvalue weighted by molar-refractivity contribution is 0.0875. The molecule has 8 heteroatoms. The van der Waals surface area contributed by atoms with Gasteiger partial charge in [-0.1, -0.05) is 23.7 Å².